The van der Waals surface area contributed by atoms with Gasteiger partial charge in [-0.1, -0.05) is 12.1 Å². The van der Waals surface area contributed by atoms with Crippen molar-refractivity contribution < 1.29 is 18.1 Å². The second kappa shape index (κ2) is 6.39. The van der Waals surface area contributed by atoms with Crippen molar-refractivity contribution in [2.75, 3.05) is 13.2 Å². The molecular weight excluding hydrogens is 295 g/mol. The summed E-state index contributed by atoms with van der Waals surface area (Å²) >= 11 is 0. The molecule has 0 fully saturated rings. The Labute approximate surface area is 122 Å². The van der Waals surface area contributed by atoms with E-state index in [1.807, 2.05) is 0 Å². The molecule has 2 rings (SSSR count). The van der Waals surface area contributed by atoms with E-state index in [1.54, 1.807) is 45.2 Å². The largest absolute Gasteiger partial charge is 0.531 e. The van der Waals surface area contributed by atoms with Crippen molar-refractivity contribution in [2.45, 2.75) is 13.8 Å². The van der Waals surface area contributed by atoms with Crippen LogP contribution in [0.5, 0.6) is 5.88 Å². The molecule has 0 unspecified atom stereocenters. The Hall–Kier alpha value is -1.69. The summed E-state index contributed by atoms with van der Waals surface area (Å²) in [4.78, 5) is 16.3. The van der Waals surface area contributed by atoms with E-state index in [0.717, 1.165) is 0 Å². The van der Waals surface area contributed by atoms with Crippen LogP contribution in [0.25, 0.3) is 11.0 Å². The van der Waals surface area contributed by atoms with Crippen LogP contribution in [-0.2, 0) is 20.7 Å². The summed E-state index contributed by atoms with van der Waals surface area (Å²) in [6, 6.07) is 7.08. The molecule has 114 valence electrons. The van der Waals surface area contributed by atoms with Gasteiger partial charge in [-0.05, 0) is 26.0 Å². The zero-order chi connectivity index (χ0) is 15.5. The van der Waals surface area contributed by atoms with Crippen LogP contribution in [0, 0.1) is 0 Å². The predicted octanol–water partition coefficient (Wildman–Crippen LogP) is 2.49. The molecule has 2 aromatic rings. The Morgan fingerprint density at radius 2 is 1.81 bits per heavy atom. The van der Waals surface area contributed by atoms with Crippen molar-refractivity contribution >= 4 is 18.9 Å². The minimum absolute atomic E-state index is 0.130. The molecule has 1 heterocycles. The summed E-state index contributed by atoms with van der Waals surface area (Å²) in [6.45, 7) is 3.57. The van der Waals surface area contributed by atoms with Crippen molar-refractivity contribution in [3.05, 3.63) is 34.6 Å². The lowest BCUT2D eigenvalue weighted by atomic mass is 10.3. The highest BCUT2D eigenvalue weighted by Gasteiger charge is 2.29. The number of aromatic nitrogens is 2. The summed E-state index contributed by atoms with van der Waals surface area (Å²) in [5.41, 5.74) is 0.694. The van der Waals surface area contributed by atoms with Gasteiger partial charge in [-0.2, -0.15) is 0 Å². The van der Waals surface area contributed by atoms with Gasteiger partial charge in [-0.15, -0.1) is 0 Å². The van der Waals surface area contributed by atoms with Gasteiger partial charge in [-0.25, -0.2) is 9.55 Å². The van der Waals surface area contributed by atoms with Crippen molar-refractivity contribution in [2.24, 2.45) is 7.05 Å². The number of phosphoric acid groups is 1. The summed E-state index contributed by atoms with van der Waals surface area (Å²) in [5.74, 6) is -0.304. The van der Waals surface area contributed by atoms with Crippen LogP contribution in [0.15, 0.2) is 29.1 Å². The van der Waals surface area contributed by atoms with Crippen LogP contribution in [0.1, 0.15) is 13.8 Å². The van der Waals surface area contributed by atoms with Crippen LogP contribution >= 0.6 is 7.82 Å². The number of para-hydroxylation sites is 2. The Morgan fingerprint density at radius 1 is 1.19 bits per heavy atom. The number of phosphoric ester groups is 1. The van der Waals surface area contributed by atoms with E-state index in [4.69, 9.17) is 13.6 Å². The monoisotopic (exact) mass is 312 g/mol. The lowest BCUT2D eigenvalue weighted by Gasteiger charge is -2.16. The lowest BCUT2D eigenvalue weighted by Crippen LogP contribution is -2.21. The number of nitrogens with zero attached hydrogens (tertiary/aromatic N) is 2. The van der Waals surface area contributed by atoms with Gasteiger partial charge in [0.1, 0.15) is 0 Å². The highest BCUT2D eigenvalue weighted by molar-refractivity contribution is 7.48. The van der Waals surface area contributed by atoms with E-state index in [-0.39, 0.29) is 19.1 Å². The van der Waals surface area contributed by atoms with Crippen LogP contribution in [-0.4, -0.2) is 22.8 Å². The van der Waals surface area contributed by atoms with Crippen molar-refractivity contribution in [1.29, 1.82) is 0 Å². The lowest BCUT2D eigenvalue weighted by molar-refractivity contribution is 0.165. The number of aryl methyl sites for hydroxylation is 1. The maximum absolute atomic E-state index is 12.3. The van der Waals surface area contributed by atoms with Crippen LogP contribution in [0.2, 0.25) is 0 Å². The molecular formula is C13H17N2O5P. The van der Waals surface area contributed by atoms with Gasteiger partial charge in [0.2, 0.25) is 0 Å². The van der Waals surface area contributed by atoms with Crippen LogP contribution in [0.3, 0.4) is 0 Å². The first kappa shape index (κ1) is 15.7. The SMILES string of the molecule is CCOP(=O)(OCC)Oc1nc2ccccc2n(C)c1=O. The zero-order valence-corrected chi connectivity index (χ0v) is 13.0. The molecule has 0 aliphatic carbocycles. The first-order valence-electron chi connectivity index (χ1n) is 6.55. The molecule has 0 atom stereocenters. The molecule has 0 amide bonds. The van der Waals surface area contributed by atoms with Gasteiger partial charge < -0.3 is 9.09 Å². The summed E-state index contributed by atoms with van der Waals surface area (Å²) in [5, 5.41) is 0. The van der Waals surface area contributed by atoms with Crippen LogP contribution < -0.4 is 10.1 Å². The van der Waals surface area contributed by atoms with Gasteiger partial charge >= 0.3 is 13.4 Å². The summed E-state index contributed by atoms with van der Waals surface area (Å²) < 4.78 is 28.9. The molecule has 8 heteroatoms. The minimum Gasteiger partial charge on any atom is -0.379 e. The Balaban J connectivity index is 2.49. The van der Waals surface area contributed by atoms with Crippen molar-refractivity contribution in [3.8, 4) is 5.88 Å². The first-order chi connectivity index (χ1) is 10.0. The fraction of sp³-hybridized carbons (Fsp3) is 0.385. The van der Waals surface area contributed by atoms with E-state index in [9.17, 15) is 9.36 Å². The van der Waals surface area contributed by atoms with Crippen molar-refractivity contribution in [3.63, 3.8) is 0 Å². The van der Waals surface area contributed by atoms with Gasteiger partial charge in [-0.3, -0.25) is 13.8 Å². The summed E-state index contributed by atoms with van der Waals surface area (Å²) in [6.07, 6.45) is 0. The quantitative estimate of drug-likeness (QED) is 0.762. The standard InChI is InChI=1S/C13H17N2O5P/c1-4-18-21(17,19-5-2)20-12-13(16)15(3)11-9-7-6-8-10(11)14-12/h6-9H,4-5H2,1-3H3. The molecule has 21 heavy (non-hydrogen) atoms. The highest BCUT2D eigenvalue weighted by atomic mass is 31.2. The molecule has 0 saturated heterocycles. The molecule has 0 N–H and O–H groups in total. The number of benzene rings is 1. The highest BCUT2D eigenvalue weighted by Crippen LogP contribution is 2.48. The summed E-state index contributed by atoms with van der Waals surface area (Å²) in [7, 11) is -2.25. The van der Waals surface area contributed by atoms with E-state index < -0.39 is 13.4 Å². The first-order valence-corrected chi connectivity index (χ1v) is 8.01. The third-order valence-electron chi connectivity index (χ3n) is 2.73. The third-order valence-corrected chi connectivity index (χ3v) is 4.27. The van der Waals surface area contributed by atoms with Gasteiger partial charge in [0.25, 0.3) is 5.88 Å². The molecule has 0 radical (unpaired) electrons. The van der Waals surface area contributed by atoms with E-state index in [2.05, 4.69) is 4.98 Å². The molecule has 0 aliphatic rings. The zero-order valence-electron chi connectivity index (χ0n) is 12.1. The normalized spacial score (nSPS) is 11.8. The molecule has 0 spiro atoms. The predicted molar refractivity (Wildman–Crippen MR) is 78.5 cm³/mol. The second-order valence-corrected chi connectivity index (χ2v) is 5.74. The molecule has 0 saturated carbocycles. The third kappa shape index (κ3) is 3.32. The number of hydrogen-bond donors (Lipinski definition) is 0. The Morgan fingerprint density at radius 3 is 2.43 bits per heavy atom. The van der Waals surface area contributed by atoms with Crippen LogP contribution in [0.4, 0.5) is 0 Å². The fourth-order valence-electron chi connectivity index (χ4n) is 1.82. The molecule has 0 aliphatic heterocycles. The molecule has 0 bridgehead atoms. The van der Waals surface area contributed by atoms with Gasteiger partial charge in [0.05, 0.1) is 24.2 Å². The minimum atomic E-state index is -3.84. The van der Waals surface area contributed by atoms with E-state index >= 15 is 0 Å². The average molecular weight is 312 g/mol. The van der Waals surface area contributed by atoms with E-state index in [1.165, 1.54) is 4.57 Å². The number of hydrogen-bond acceptors (Lipinski definition) is 6. The smallest absolute Gasteiger partial charge is 0.379 e. The molecule has 7 nitrogen and oxygen atoms in total. The maximum atomic E-state index is 12.3. The topological polar surface area (TPSA) is 79.7 Å². The number of rotatable bonds is 6. The van der Waals surface area contributed by atoms with Crippen molar-refractivity contribution in [1.82, 2.24) is 9.55 Å². The average Bonchev–Trinajstić information content (AvgIpc) is 2.45. The van der Waals surface area contributed by atoms with Gasteiger partial charge in [0.15, 0.2) is 0 Å². The maximum Gasteiger partial charge on any atom is 0.531 e. The molecule has 1 aromatic heterocycles. The number of fused-ring (bicyclic) bond motifs is 1. The van der Waals surface area contributed by atoms with E-state index in [0.29, 0.717) is 11.0 Å². The Kier molecular flexibility index (Phi) is 4.77. The fourth-order valence-corrected chi connectivity index (χ4v) is 2.97. The second-order valence-electron chi connectivity index (χ2n) is 4.14. The van der Waals surface area contributed by atoms with Gasteiger partial charge in [0, 0.05) is 7.05 Å². The Bertz CT molecular complexity index is 733. The molecule has 1 aromatic carbocycles.